The molecule has 0 spiro atoms. The lowest BCUT2D eigenvalue weighted by atomic mass is 10.1. The van der Waals surface area contributed by atoms with Gasteiger partial charge in [0.1, 0.15) is 0 Å². The van der Waals surface area contributed by atoms with E-state index in [0.29, 0.717) is 0 Å². The quantitative estimate of drug-likeness (QED) is 0.450. The largest absolute Gasteiger partial charge is 0.481 e. The van der Waals surface area contributed by atoms with Crippen molar-refractivity contribution in [1.82, 2.24) is 0 Å². The number of rotatable bonds is 9. The Bertz CT molecular complexity index is 381. The Hall–Kier alpha value is -0.980. The van der Waals surface area contributed by atoms with E-state index in [9.17, 15) is 19.3 Å². The molecule has 0 saturated carbocycles. The molecule has 0 aromatic rings. The standard InChI is InChI=1S/C9H15O7PS/c10-7(11)2-1-6(9(14)15)5-17(16,18)4-3-8(12)13/h6H,1-5H2,(H,10,11)(H,12,13)(H,14,15)(H,16,18). The van der Waals surface area contributed by atoms with Gasteiger partial charge in [-0.3, -0.25) is 14.4 Å². The van der Waals surface area contributed by atoms with Crippen LogP contribution in [0.15, 0.2) is 0 Å². The second-order valence-electron chi connectivity index (χ2n) is 3.86. The van der Waals surface area contributed by atoms with Gasteiger partial charge in [0.15, 0.2) is 0 Å². The summed E-state index contributed by atoms with van der Waals surface area (Å²) in [4.78, 5) is 41.4. The molecule has 2 atom stereocenters. The zero-order chi connectivity index (χ0) is 14.3. The minimum Gasteiger partial charge on any atom is -0.481 e. The van der Waals surface area contributed by atoms with Crippen LogP contribution in [0.5, 0.6) is 0 Å². The van der Waals surface area contributed by atoms with E-state index in [2.05, 4.69) is 0 Å². The maximum absolute atomic E-state index is 10.9. The topological polar surface area (TPSA) is 132 Å². The third kappa shape index (κ3) is 8.16. The number of aliphatic carboxylic acids is 3. The molecule has 18 heavy (non-hydrogen) atoms. The molecule has 0 fully saturated rings. The summed E-state index contributed by atoms with van der Waals surface area (Å²) in [6, 6.07) is 0. The third-order valence-electron chi connectivity index (χ3n) is 2.24. The summed E-state index contributed by atoms with van der Waals surface area (Å²) in [7, 11) is 0. The van der Waals surface area contributed by atoms with Crippen molar-refractivity contribution < 1.29 is 34.6 Å². The SMILES string of the molecule is O=C(O)CCC(CP(O)(=S)CCC(=O)O)C(=O)O. The maximum Gasteiger partial charge on any atom is 0.306 e. The first-order chi connectivity index (χ1) is 8.14. The van der Waals surface area contributed by atoms with E-state index < -0.39 is 30.1 Å². The lowest BCUT2D eigenvalue weighted by molar-refractivity contribution is -0.142. The van der Waals surface area contributed by atoms with Crippen LogP contribution in [-0.2, 0) is 26.2 Å². The molecule has 0 rings (SSSR count). The molecule has 0 saturated heterocycles. The molecule has 7 nitrogen and oxygen atoms in total. The van der Waals surface area contributed by atoms with Crippen molar-refractivity contribution in [2.75, 3.05) is 12.3 Å². The number of carboxylic acid groups (broad SMARTS) is 3. The number of hydrogen-bond donors (Lipinski definition) is 4. The van der Waals surface area contributed by atoms with Gasteiger partial charge in [0.25, 0.3) is 0 Å². The van der Waals surface area contributed by atoms with Gasteiger partial charge in [-0.05, 0) is 6.42 Å². The van der Waals surface area contributed by atoms with Crippen LogP contribution < -0.4 is 0 Å². The van der Waals surface area contributed by atoms with Gasteiger partial charge in [0.2, 0.25) is 0 Å². The fourth-order valence-corrected chi connectivity index (χ4v) is 3.86. The van der Waals surface area contributed by atoms with Crippen molar-refractivity contribution in [3.8, 4) is 0 Å². The van der Waals surface area contributed by atoms with Crippen molar-refractivity contribution in [1.29, 1.82) is 0 Å². The van der Waals surface area contributed by atoms with E-state index in [1.807, 2.05) is 0 Å². The van der Waals surface area contributed by atoms with Gasteiger partial charge in [-0.25, -0.2) is 0 Å². The van der Waals surface area contributed by atoms with E-state index >= 15 is 0 Å². The maximum atomic E-state index is 10.9. The summed E-state index contributed by atoms with van der Waals surface area (Å²) < 4.78 is 0. The Kier molecular flexibility index (Phi) is 7.05. The molecule has 0 bridgehead atoms. The van der Waals surface area contributed by atoms with Crippen LogP contribution in [0.4, 0.5) is 0 Å². The van der Waals surface area contributed by atoms with E-state index in [0.717, 1.165) is 0 Å². The number of carboxylic acids is 3. The zero-order valence-corrected chi connectivity index (χ0v) is 11.2. The Morgan fingerprint density at radius 1 is 1.06 bits per heavy atom. The highest BCUT2D eigenvalue weighted by molar-refractivity contribution is 8.11. The average Bonchev–Trinajstić information content (AvgIpc) is 2.21. The Morgan fingerprint density at radius 3 is 1.94 bits per heavy atom. The average molecular weight is 298 g/mol. The predicted octanol–water partition coefficient (Wildman–Crippen LogP) is 0.414. The third-order valence-corrected chi connectivity index (χ3v) is 5.17. The molecular weight excluding hydrogens is 283 g/mol. The van der Waals surface area contributed by atoms with Crippen LogP contribution >= 0.6 is 6.26 Å². The molecule has 0 heterocycles. The fourth-order valence-electron chi connectivity index (χ4n) is 1.30. The van der Waals surface area contributed by atoms with Crippen molar-refractivity contribution in [2.45, 2.75) is 19.3 Å². The molecule has 2 unspecified atom stereocenters. The molecule has 0 aliphatic carbocycles. The van der Waals surface area contributed by atoms with Crippen LogP contribution in [0.3, 0.4) is 0 Å². The van der Waals surface area contributed by atoms with Crippen LogP contribution in [0, 0.1) is 5.92 Å². The van der Waals surface area contributed by atoms with Gasteiger partial charge in [0.05, 0.1) is 18.6 Å². The minimum absolute atomic E-state index is 0.128. The second-order valence-corrected chi connectivity index (χ2v) is 8.41. The second kappa shape index (κ2) is 7.45. The van der Waals surface area contributed by atoms with Crippen LogP contribution in [0.25, 0.3) is 0 Å². The molecule has 0 aliphatic rings. The molecule has 0 aromatic heterocycles. The Balaban J connectivity index is 4.46. The lowest BCUT2D eigenvalue weighted by Crippen LogP contribution is -2.20. The first kappa shape index (κ1) is 17.0. The Morgan fingerprint density at radius 2 is 1.56 bits per heavy atom. The monoisotopic (exact) mass is 298 g/mol. The van der Waals surface area contributed by atoms with Gasteiger partial charge < -0.3 is 20.2 Å². The normalized spacial score (nSPS) is 15.6. The highest BCUT2D eigenvalue weighted by atomic mass is 32.4. The highest BCUT2D eigenvalue weighted by Crippen LogP contribution is 2.44. The molecule has 0 amide bonds. The fraction of sp³-hybridized carbons (Fsp3) is 0.667. The summed E-state index contributed by atoms with van der Waals surface area (Å²) in [5, 5.41) is 25.8. The molecule has 0 aromatic carbocycles. The highest BCUT2D eigenvalue weighted by Gasteiger charge is 2.26. The van der Waals surface area contributed by atoms with Crippen molar-refractivity contribution in [3.63, 3.8) is 0 Å². The van der Waals surface area contributed by atoms with Crippen molar-refractivity contribution in [2.24, 2.45) is 5.92 Å². The van der Waals surface area contributed by atoms with Gasteiger partial charge in [-0.15, -0.1) is 0 Å². The van der Waals surface area contributed by atoms with Crippen molar-refractivity contribution in [3.05, 3.63) is 0 Å². The minimum atomic E-state index is -3.04. The molecule has 104 valence electrons. The van der Waals surface area contributed by atoms with E-state index in [1.54, 1.807) is 0 Å². The summed E-state index contributed by atoms with van der Waals surface area (Å²) in [5.74, 6) is -4.52. The predicted molar refractivity (Wildman–Crippen MR) is 66.5 cm³/mol. The molecule has 0 aliphatic heterocycles. The molecule has 9 heteroatoms. The summed E-state index contributed by atoms with van der Waals surface area (Å²) in [6.45, 7) is 0. The summed E-state index contributed by atoms with van der Waals surface area (Å²) in [6.07, 6.45) is -4.20. The molecule has 4 N–H and O–H groups in total. The van der Waals surface area contributed by atoms with Crippen molar-refractivity contribution >= 4 is 36.0 Å². The van der Waals surface area contributed by atoms with Crippen LogP contribution in [-0.4, -0.2) is 50.4 Å². The number of carbonyl (C=O) groups is 3. The van der Waals surface area contributed by atoms with Crippen LogP contribution in [0.2, 0.25) is 0 Å². The zero-order valence-electron chi connectivity index (χ0n) is 9.48. The van der Waals surface area contributed by atoms with Gasteiger partial charge >= 0.3 is 17.9 Å². The molecular formula is C9H15O7PS. The van der Waals surface area contributed by atoms with E-state index in [1.165, 1.54) is 0 Å². The smallest absolute Gasteiger partial charge is 0.306 e. The summed E-state index contributed by atoms with van der Waals surface area (Å²) >= 11 is 4.83. The van der Waals surface area contributed by atoms with E-state index in [4.69, 9.17) is 27.1 Å². The molecule has 0 radical (unpaired) electrons. The van der Waals surface area contributed by atoms with Gasteiger partial charge in [0, 0.05) is 18.7 Å². The Labute approximate surface area is 109 Å². The van der Waals surface area contributed by atoms with E-state index in [-0.39, 0.29) is 31.6 Å². The van der Waals surface area contributed by atoms with Gasteiger partial charge in [-0.2, -0.15) is 0 Å². The van der Waals surface area contributed by atoms with Gasteiger partial charge in [-0.1, -0.05) is 11.8 Å². The lowest BCUT2D eigenvalue weighted by Gasteiger charge is -2.19. The first-order valence-corrected chi connectivity index (χ1v) is 8.24. The first-order valence-electron chi connectivity index (χ1n) is 5.11. The number of hydrogen-bond acceptors (Lipinski definition) is 4. The summed E-state index contributed by atoms with van der Waals surface area (Å²) in [5.41, 5.74) is 0. The van der Waals surface area contributed by atoms with Crippen LogP contribution in [0.1, 0.15) is 19.3 Å².